The first kappa shape index (κ1) is 24.2. The molecule has 1 saturated heterocycles. The van der Waals surface area contributed by atoms with Crippen LogP contribution in [0.15, 0.2) is 12.2 Å². The molecule has 0 aromatic carbocycles. The fourth-order valence-electron chi connectivity index (χ4n) is 2.40. The van der Waals surface area contributed by atoms with E-state index in [1.54, 1.807) is 0 Å². The minimum Gasteiger partial charge on any atom is -0.352 e. The molecule has 0 saturated carbocycles. The maximum Gasteiger partial charge on any atom is 0.312 e. The molecule has 23 heavy (non-hydrogen) atoms. The summed E-state index contributed by atoms with van der Waals surface area (Å²) in [6.07, 6.45) is 1.19. The van der Waals surface area contributed by atoms with Crippen LogP contribution in [0.3, 0.4) is 0 Å². The highest BCUT2D eigenvalue weighted by molar-refractivity contribution is 5.85. The van der Waals surface area contributed by atoms with Crippen LogP contribution in [0.2, 0.25) is 0 Å². The van der Waals surface area contributed by atoms with Gasteiger partial charge < -0.3 is 21.7 Å². The van der Waals surface area contributed by atoms with Gasteiger partial charge in [0.2, 0.25) is 5.91 Å². The average molecular weight is 370 g/mol. The predicted molar refractivity (Wildman–Crippen MR) is 97.1 cm³/mol. The van der Waals surface area contributed by atoms with Crippen LogP contribution < -0.4 is 16.8 Å². The van der Waals surface area contributed by atoms with E-state index in [1.165, 1.54) is 0 Å². The van der Waals surface area contributed by atoms with E-state index < -0.39 is 12.1 Å². The van der Waals surface area contributed by atoms with Gasteiger partial charge in [-0.15, -0.1) is 24.8 Å². The summed E-state index contributed by atoms with van der Waals surface area (Å²) in [7, 11) is 0. The van der Waals surface area contributed by atoms with Crippen molar-refractivity contribution in [3.63, 3.8) is 0 Å². The Bertz CT molecular complexity index is 387. The molecule has 0 aromatic rings. The molecule has 9 heteroatoms. The van der Waals surface area contributed by atoms with Gasteiger partial charge in [0.05, 0.1) is 6.04 Å². The number of nitrogens with two attached hydrogens (primary N) is 2. The highest BCUT2D eigenvalue weighted by Gasteiger charge is 2.24. The summed E-state index contributed by atoms with van der Waals surface area (Å²) in [5.74, 6) is -0.0101. The zero-order chi connectivity index (χ0) is 15.8. The van der Waals surface area contributed by atoms with Crippen molar-refractivity contribution in [1.82, 2.24) is 15.1 Å². The van der Waals surface area contributed by atoms with Gasteiger partial charge in [-0.25, -0.2) is 4.79 Å². The van der Waals surface area contributed by atoms with Gasteiger partial charge in [-0.2, -0.15) is 0 Å². The largest absolute Gasteiger partial charge is 0.352 e. The van der Waals surface area contributed by atoms with Crippen LogP contribution in [0.5, 0.6) is 0 Å². The lowest BCUT2D eigenvalue weighted by molar-refractivity contribution is -0.134. The van der Waals surface area contributed by atoms with Crippen molar-refractivity contribution in [3.8, 4) is 0 Å². The van der Waals surface area contributed by atoms with E-state index >= 15 is 0 Å². The lowest BCUT2D eigenvalue weighted by Crippen LogP contribution is -2.53. The molecule has 1 aliphatic heterocycles. The Hall–Kier alpha value is -1.02. The highest BCUT2D eigenvalue weighted by Crippen LogP contribution is 2.07. The van der Waals surface area contributed by atoms with Gasteiger partial charge >= 0.3 is 6.03 Å². The number of primary amides is 1. The molecule has 0 aromatic heterocycles. The molecule has 5 N–H and O–H groups in total. The van der Waals surface area contributed by atoms with Crippen LogP contribution in [-0.4, -0.2) is 67.0 Å². The van der Waals surface area contributed by atoms with E-state index in [1.807, 2.05) is 11.8 Å². The Morgan fingerprint density at radius 2 is 1.78 bits per heavy atom. The molecule has 0 bridgehead atoms. The second-order valence-electron chi connectivity index (χ2n) is 5.60. The molecule has 7 nitrogen and oxygen atoms in total. The number of hydrogen-bond donors (Lipinski definition) is 3. The Labute approximate surface area is 150 Å². The maximum absolute atomic E-state index is 12.2. The van der Waals surface area contributed by atoms with Gasteiger partial charge in [0.1, 0.15) is 0 Å². The molecule has 0 spiro atoms. The second-order valence-corrected chi connectivity index (χ2v) is 5.60. The first-order valence-corrected chi connectivity index (χ1v) is 7.34. The van der Waals surface area contributed by atoms with Crippen molar-refractivity contribution in [2.75, 3.05) is 39.3 Å². The Morgan fingerprint density at radius 1 is 1.22 bits per heavy atom. The summed E-state index contributed by atoms with van der Waals surface area (Å²) in [6, 6.07) is -1.06. The number of urea groups is 1. The molecule has 3 amide bonds. The number of nitrogens with zero attached hydrogens (tertiary/aromatic N) is 2. The summed E-state index contributed by atoms with van der Waals surface area (Å²) < 4.78 is 0. The van der Waals surface area contributed by atoms with Crippen LogP contribution in [-0.2, 0) is 4.79 Å². The second kappa shape index (κ2) is 12.4. The molecule has 136 valence electrons. The van der Waals surface area contributed by atoms with Gasteiger partial charge in [0.25, 0.3) is 0 Å². The van der Waals surface area contributed by atoms with Crippen molar-refractivity contribution in [1.29, 1.82) is 0 Å². The van der Waals surface area contributed by atoms with E-state index in [0.717, 1.165) is 25.2 Å². The quantitative estimate of drug-likeness (QED) is 0.444. The molecule has 1 aliphatic rings. The fraction of sp³-hybridized carbons (Fsp3) is 0.714. The third-order valence-electron chi connectivity index (χ3n) is 3.49. The van der Waals surface area contributed by atoms with Crippen molar-refractivity contribution in [2.45, 2.75) is 25.8 Å². The lowest BCUT2D eigenvalue weighted by Gasteiger charge is -2.36. The zero-order valence-corrected chi connectivity index (χ0v) is 15.3. The van der Waals surface area contributed by atoms with E-state index in [9.17, 15) is 9.59 Å². The summed E-state index contributed by atoms with van der Waals surface area (Å²) in [4.78, 5) is 26.8. The van der Waals surface area contributed by atoms with Crippen molar-refractivity contribution >= 4 is 36.8 Å². The Morgan fingerprint density at radius 3 is 2.26 bits per heavy atom. The number of piperazine rings is 1. The molecule has 0 unspecified atom stereocenters. The zero-order valence-electron chi connectivity index (χ0n) is 13.6. The van der Waals surface area contributed by atoms with E-state index in [0.29, 0.717) is 32.5 Å². The van der Waals surface area contributed by atoms with Crippen LogP contribution in [0, 0.1) is 0 Å². The van der Waals surface area contributed by atoms with E-state index in [-0.39, 0.29) is 30.7 Å². The van der Waals surface area contributed by atoms with E-state index in [2.05, 4.69) is 16.8 Å². The molecule has 1 heterocycles. The topological polar surface area (TPSA) is 105 Å². The van der Waals surface area contributed by atoms with Gasteiger partial charge in [0, 0.05) is 39.3 Å². The van der Waals surface area contributed by atoms with Gasteiger partial charge in [-0.1, -0.05) is 12.2 Å². The van der Waals surface area contributed by atoms with Crippen molar-refractivity contribution < 1.29 is 9.59 Å². The highest BCUT2D eigenvalue weighted by atomic mass is 35.5. The summed E-state index contributed by atoms with van der Waals surface area (Å²) in [5, 5.41) is 2.49. The normalized spacial score (nSPS) is 15.8. The monoisotopic (exact) mass is 369 g/mol. The Balaban J connectivity index is 0. The standard InChI is InChI=1S/C14H27N5O2.2ClH/c1-11(2)10-18-6-8-19(9-7-18)13(20)12(15)4-3-5-17-14(16)21;;/h12H,1,3-10,15H2,2H3,(H3,16,17,21);2*1H/t12-;;/m0../s1. The third-order valence-corrected chi connectivity index (χ3v) is 3.49. The number of halogens is 2. The Kier molecular flexibility index (Phi) is 13.1. The van der Waals surface area contributed by atoms with Gasteiger partial charge in [0.15, 0.2) is 0 Å². The molecule has 1 rings (SSSR count). The number of carbonyl (C=O) groups excluding carboxylic acids is 2. The minimum absolute atomic E-state index is 0. The number of hydrogen-bond acceptors (Lipinski definition) is 4. The maximum atomic E-state index is 12.2. The minimum atomic E-state index is -0.552. The van der Waals surface area contributed by atoms with Crippen LogP contribution in [0.1, 0.15) is 19.8 Å². The fourth-order valence-corrected chi connectivity index (χ4v) is 2.40. The first-order chi connectivity index (χ1) is 9.90. The van der Waals surface area contributed by atoms with Gasteiger partial charge in [-0.05, 0) is 19.8 Å². The predicted octanol–water partition coefficient (Wildman–Crippen LogP) is 0.326. The molecular formula is C14H29Cl2N5O2. The number of rotatable bonds is 7. The molecule has 0 aliphatic carbocycles. The summed E-state index contributed by atoms with van der Waals surface area (Å²) in [5.41, 5.74) is 12.0. The third kappa shape index (κ3) is 9.65. The molecular weight excluding hydrogens is 341 g/mol. The van der Waals surface area contributed by atoms with Crippen LogP contribution in [0.25, 0.3) is 0 Å². The lowest BCUT2D eigenvalue weighted by atomic mass is 10.1. The first-order valence-electron chi connectivity index (χ1n) is 7.34. The van der Waals surface area contributed by atoms with Crippen LogP contribution in [0.4, 0.5) is 4.79 Å². The van der Waals surface area contributed by atoms with Gasteiger partial charge in [-0.3, -0.25) is 9.69 Å². The van der Waals surface area contributed by atoms with Crippen LogP contribution >= 0.6 is 24.8 Å². The number of amides is 3. The van der Waals surface area contributed by atoms with Crippen molar-refractivity contribution in [3.05, 3.63) is 12.2 Å². The van der Waals surface area contributed by atoms with Crippen molar-refractivity contribution in [2.24, 2.45) is 11.5 Å². The molecule has 0 radical (unpaired) electrons. The molecule has 1 atom stereocenters. The average Bonchev–Trinajstić information content (AvgIpc) is 2.42. The number of nitrogens with one attached hydrogen (secondary N) is 1. The molecule has 1 fully saturated rings. The van der Waals surface area contributed by atoms with E-state index in [4.69, 9.17) is 11.5 Å². The number of carbonyl (C=O) groups is 2. The summed E-state index contributed by atoms with van der Waals surface area (Å²) in [6.45, 7) is 10.4. The summed E-state index contributed by atoms with van der Waals surface area (Å²) >= 11 is 0. The smallest absolute Gasteiger partial charge is 0.312 e. The SMILES string of the molecule is C=C(C)CN1CCN(C(=O)[C@@H](N)CCCNC(N)=O)CC1.Cl.Cl.